The second kappa shape index (κ2) is 6.02. The summed E-state index contributed by atoms with van der Waals surface area (Å²) in [4.78, 5) is 8.95. The molecule has 0 atom stereocenters. The lowest BCUT2D eigenvalue weighted by Gasteiger charge is -2.10. The van der Waals surface area contributed by atoms with Crippen LogP contribution < -0.4 is 5.32 Å². The number of nitrogens with zero attached hydrogens (tertiary/aromatic N) is 2. The van der Waals surface area contributed by atoms with E-state index < -0.39 is 0 Å². The van der Waals surface area contributed by atoms with Gasteiger partial charge in [0, 0.05) is 29.2 Å². The van der Waals surface area contributed by atoms with Crippen LogP contribution in [0.3, 0.4) is 0 Å². The second-order valence-electron chi connectivity index (χ2n) is 4.89. The Morgan fingerprint density at radius 2 is 1.84 bits per heavy atom. The fourth-order valence-corrected chi connectivity index (χ4v) is 1.86. The van der Waals surface area contributed by atoms with E-state index in [1.54, 1.807) is 0 Å². The molecule has 4 heteroatoms. The van der Waals surface area contributed by atoms with Gasteiger partial charge in [0.15, 0.2) is 0 Å². The van der Waals surface area contributed by atoms with Gasteiger partial charge in [0.25, 0.3) is 0 Å². The van der Waals surface area contributed by atoms with E-state index in [9.17, 15) is 0 Å². The third-order valence-corrected chi connectivity index (χ3v) is 3.03. The van der Waals surface area contributed by atoms with Crippen molar-refractivity contribution in [3.05, 3.63) is 52.4 Å². The quantitative estimate of drug-likeness (QED) is 0.910. The smallest absolute Gasteiger partial charge is 0.133 e. The summed E-state index contributed by atoms with van der Waals surface area (Å²) >= 11 is 5.86. The molecule has 0 unspecified atom stereocenters. The molecule has 3 nitrogen and oxygen atoms in total. The number of rotatable bonds is 4. The van der Waals surface area contributed by atoms with Gasteiger partial charge in [0.05, 0.1) is 0 Å². The highest BCUT2D eigenvalue weighted by Crippen LogP contribution is 2.15. The van der Waals surface area contributed by atoms with Crippen molar-refractivity contribution >= 4 is 17.4 Å². The predicted molar refractivity (Wildman–Crippen MR) is 79.6 cm³/mol. The van der Waals surface area contributed by atoms with Crippen molar-refractivity contribution in [2.75, 3.05) is 5.32 Å². The zero-order chi connectivity index (χ0) is 13.8. The molecule has 0 saturated heterocycles. The minimum absolute atomic E-state index is 0.330. The molecular formula is C15H18ClN3. The van der Waals surface area contributed by atoms with Crippen molar-refractivity contribution in [2.24, 2.45) is 0 Å². The number of aromatic nitrogens is 2. The van der Waals surface area contributed by atoms with Gasteiger partial charge in [0.2, 0.25) is 0 Å². The van der Waals surface area contributed by atoms with E-state index in [0.717, 1.165) is 28.9 Å². The molecular weight excluding hydrogens is 258 g/mol. The van der Waals surface area contributed by atoms with E-state index in [1.165, 1.54) is 5.56 Å². The lowest BCUT2D eigenvalue weighted by molar-refractivity contribution is 0.766. The SMILES string of the molecule is Cc1cc(NCc2ccc(Cl)cc2)nc(C(C)C)n1. The summed E-state index contributed by atoms with van der Waals surface area (Å²) in [5, 5.41) is 4.08. The highest BCUT2D eigenvalue weighted by Gasteiger charge is 2.05. The number of aryl methyl sites for hydroxylation is 1. The average molecular weight is 276 g/mol. The zero-order valence-electron chi connectivity index (χ0n) is 11.4. The first-order valence-electron chi connectivity index (χ1n) is 6.38. The van der Waals surface area contributed by atoms with E-state index in [2.05, 4.69) is 29.1 Å². The summed E-state index contributed by atoms with van der Waals surface area (Å²) in [5.41, 5.74) is 2.16. The maximum atomic E-state index is 5.86. The van der Waals surface area contributed by atoms with E-state index in [4.69, 9.17) is 11.6 Å². The van der Waals surface area contributed by atoms with Crippen LogP contribution in [0, 0.1) is 6.92 Å². The summed E-state index contributed by atoms with van der Waals surface area (Å²) in [5.74, 6) is 2.07. The first-order valence-corrected chi connectivity index (χ1v) is 6.76. The van der Waals surface area contributed by atoms with Gasteiger partial charge in [-0.3, -0.25) is 0 Å². The van der Waals surface area contributed by atoms with Gasteiger partial charge < -0.3 is 5.32 Å². The van der Waals surface area contributed by atoms with Gasteiger partial charge in [-0.05, 0) is 24.6 Å². The standard InChI is InChI=1S/C15H18ClN3/c1-10(2)15-18-11(3)8-14(19-15)17-9-12-4-6-13(16)7-5-12/h4-8,10H,9H2,1-3H3,(H,17,18,19). The molecule has 0 aliphatic heterocycles. The number of halogens is 1. The Balaban J connectivity index is 2.08. The number of benzene rings is 1. The van der Waals surface area contributed by atoms with Crippen LogP contribution >= 0.6 is 11.6 Å². The lowest BCUT2D eigenvalue weighted by Crippen LogP contribution is -2.06. The van der Waals surface area contributed by atoms with E-state index in [0.29, 0.717) is 5.92 Å². The largest absolute Gasteiger partial charge is 0.366 e. The molecule has 19 heavy (non-hydrogen) atoms. The fourth-order valence-electron chi connectivity index (χ4n) is 1.74. The Morgan fingerprint density at radius 1 is 1.16 bits per heavy atom. The summed E-state index contributed by atoms with van der Waals surface area (Å²) in [6.07, 6.45) is 0. The number of hydrogen-bond acceptors (Lipinski definition) is 3. The van der Waals surface area contributed by atoms with Crippen molar-refractivity contribution in [3.63, 3.8) is 0 Å². The maximum absolute atomic E-state index is 5.86. The molecule has 2 aromatic rings. The van der Waals surface area contributed by atoms with Crippen LogP contribution in [0.1, 0.15) is 36.8 Å². The number of hydrogen-bond donors (Lipinski definition) is 1. The summed E-state index contributed by atoms with van der Waals surface area (Å²) in [7, 11) is 0. The lowest BCUT2D eigenvalue weighted by atomic mass is 10.2. The fraction of sp³-hybridized carbons (Fsp3) is 0.333. The summed E-state index contributed by atoms with van der Waals surface area (Å²) < 4.78 is 0. The maximum Gasteiger partial charge on any atom is 0.133 e. The normalized spacial score (nSPS) is 10.8. The van der Waals surface area contributed by atoms with Crippen LogP contribution in [0.25, 0.3) is 0 Å². The number of anilines is 1. The van der Waals surface area contributed by atoms with Gasteiger partial charge in [0.1, 0.15) is 11.6 Å². The van der Waals surface area contributed by atoms with Crippen molar-refractivity contribution in [3.8, 4) is 0 Å². The molecule has 1 heterocycles. The molecule has 1 aromatic heterocycles. The minimum atomic E-state index is 0.330. The van der Waals surface area contributed by atoms with Crippen molar-refractivity contribution in [2.45, 2.75) is 33.2 Å². The molecule has 0 amide bonds. The highest BCUT2D eigenvalue weighted by molar-refractivity contribution is 6.30. The Bertz CT molecular complexity index is 550. The zero-order valence-corrected chi connectivity index (χ0v) is 12.2. The van der Waals surface area contributed by atoms with Gasteiger partial charge in [-0.25, -0.2) is 9.97 Å². The first kappa shape index (κ1) is 13.8. The van der Waals surface area contributed by atoms with E-state index in [1.807, 2.05) is 37.3 Å². The van der Waals surface area contributed by atoms with Crippen LogP contribution in [-0.2, 0) is 6.54 Å². The molecule has 0 fully saturated rings. The van der Waals surface area contributed by atoms with Gasteiger partial charge in [-0.15, -0.1) is 0 Å². The Morgan fingerprint density at radius 3 is 2.47 bits per heavy atom. The molecule has 0 spiro atoms. The number of nitrogens with one attached hydrogen (secondary N) is 1. The van der Waals surface area contributed by atoms with Crippen LogP contribution in [0.4, 0.5) is 5.82 Å². The molecule has 0 aliphatic rings. The molecule has 0 aliphatic carbocycles. The molecule has 0 bridgehead atoms. The second-order valence-corrected chi connectivity index (χ2v) is 5.32. The first-order chi connectivity index (χ1) is 9.04. The third kappa shape index (κ3) is 3.93. The average Bonchev–Trinajstić information content (AvgIpc) is 2.37. The molecule has 0 radical (unpaired) electrons. The van der Waals surface area contributed by atoms with Crippen LogP contribution in [0.2, 0.25) is 5.02 Å². The van der Waals surface area contributed by atoms with Crippen LogP contribution in [-0.4, -0.2) is 9.97 Å². The van der Waals surface area contributed by atoms with E-state index in [-0.39, 0.29) is 0 Å². The predicted octanol–water partition coefficient (Wildman–Crippen LogP) is 4.17. The van der Waals surface area contributed by atoms with Gasteiger partial charge >= 0.3 is 0 Å². The monoisotopic (exact) mass is 275 g/mol. The Labute approximate surface area is 119 Å². The topological polar surface area (TPSA) is 37.8 Å². The molecule has 1 aromatic carbocycles. The molecule has 0 saturated carbocycles. The minimum Gasteiger partial charge on any atom is -0.366 e. The summed E-state index contributed by atoms with van der Waals surface area (Å²) in [6, 6.07) is 9.76. The van der Waals surface area contributed by atoms with Gasteiger partial charge in [-0.2, -0.15) is 0 Å². The van der Waals surface area contributed by atoms with Gasteiger partial charge in [-0.1, -0.05) is 37.6 Å². The Kier molecular flexibility index (Phi) is 4.38. The highest BCUT2D eigenvalue weighted by atomic mass is 35.5. The molecule has 1 N–H and O–H groups in total. The molecule has 100 valence electrons. The van der Waals surface area contributed by atoms with Crippen molar-refractivity contribution in [1.29, 1.82) is 0 Å². The van der Waals surface area contributed by atoms with Crippen molar-refractivity contribution < 1.29 is 0 Å². The van der Waals surface area contributed by atoms with E-state index >= 15 is 0 Å². The van der Waals surface area contributed by atoms with Crippen molar-refractivity contribution in [1.82, 2.24) is 9.97 Å². The molecule has 2 rings (SSSR count). The Hall–Kier alpha value is -1.61. The van der Waals surface area contributed by atoms with Crippen LogP contribution in [0.5, 0.6) is 0 Å². The van der Waals surface area contributed by atoms with Crippen LogP contribution in [0.15, 0.2) is 30.3 Å². The summed E-state index contributed by atoms with van der Waals surface area (Å²) in [6.45, 7) is 6.90. The third-order valence-electron chi connectivity index (χ3n) is 2.77.